The van der Waals surface area contributed by atoms with Crippen molar-refractivity contribution in [2.24, 2.45) is 5.73 Å². The van der Waals surface area contributed by atoms with Crippen LogP contribution in [-0.2, 0) is 127 Å². The zero-order chi connectivity index (χ0) is 112. The first-order chi connectivity index (χ1) is 66.9. The summed E-state index contributed by atoms with van der Waals surface area (Å²) >= 11 is 46.0. The lowest BCUT2D eigenvalue weighted by atomic mass is 9.98. The van der Waals surface area contributed by atoms with Gasteiger partial charge < -0.3 is 73.6 Å². The fraction of sp³-hybridized carbons (Fsp3) is 0.500. The average molecular weight is 2370 g/mol. The molecular weight excluding hydrogens is 2240 g/mol. The SMILES string of the molecule is C=CC(=O)OC.CC(C)(C)OC(=O)CCC(=O)O.CC(C)(C)OC(=O)N(CCc1c(Cl)ccnc1Br)C(=O)OC(C)(C)C.CC(C)(C)OC(=O)N1CCOS1(=O)=O.CC(C)(C)OC(=O)NCCc1c(Cl)ccnc1Br.COC(=O)/C=C/c1nccc(Cl)c1CCN.COC(=O)/C=C/c1nccc(Cl)c1CCN(C(=O)OC(C)(C)C)C(=O)OC(C)(C)C.COC(=O)CC1NCCc2c(Cl)ccnc21.Clc1ccnc(Br)c1. The number of hydrogen-bond donors (Lipinski definition) is 4. The molecule has 806 valence electrons. The Bertz CT molecular complexity index is 5340. The number of halogens is 9. The zero-order valence-electron chi connectivity index (χ0n) is 85.8. The molecule has 1 atom stereocenters. The molecule has 0 radical (unpaired) electrons. The molecule has 0 aliphatic carbocycles. The number of pyridine rings is 6. The summed E-state index contributed by atoms with van der Waals surface area (Å²) in [5.41, 5.74) is 6.61. The maximum absolute atomic E-state index is 12.6. The Labute approximate surface area is 902 Å². The first-order valence-electron chi connectivity index (χ1n) is 44.1. The van der Waals surface area contributed by atoms with E-state index in [-0.39, 0.29) is 63.9 Å². The lowest BCUT2D eigenvalue weighted by Gasteiger charge is -2.28. The molecule has 6 amide bonds. The van der Waals surface area contributed by atoms with Crippen molar-refractivity contribution in [2.75, 3.05) is 74.3 Å². The molecule has 2 aliphatic rings. The number of aliphatic carboxylic acids is 1. The lowest BCUT2D eigenvalue weighted by Crippen LogP contribution is -2.44. The maximum atomic E-state index is 12.6. The molecule has 0 bridgehead atoms. The fourth-order valence-electron chi connectivity index (χ4n) is 10.4. The van der Waals surface area contributed by atoms with Gasteiger partial charge in [-0.25, -0.2) is 67.9 Å². The molecule has 8 heterocycles. The second kappa shape index (κ2) is 65.6. The Kier molecular flexibility index (Phi) is 61.1. The van der Waals surface area contributed by atoms with E-state index in [1.807, 2.05) is 20.8 Å². The number of esters is 5. The molecule has 2 aliphatic heterocycles. The molecule has 1 saturated heterocycles. The smallest absolute Gasteiger partial charge is 0.425 e. The Hall–Kier alpha value is -10.0. The minimum atomic E-state index is -3.90. The number of nitrogens with one attached hydrogen (secondary N) is 2. The summed E-state index contributed by atoms with van der Waals surface area (Å²) in [5.74, 6) is -3.07. The molecule has 1 fully saturated rings. The van der Waals surface area contributed by atoms with E-state index in [0.29, 0.717) is 93.5 Å². The summed E-state index contributed by atoms with van der Waals surface area (Å²) in [6.07, 6.45) is 14.3. The highest BCUT2D eigenvalue weighted by atomic mass is 79.9. The molecule has 0 spiro atoms. The maximum Gasteiger partial charge on any atom is 0.425 e. The molecule has 39 nitrogen and oxygen atoms in total. The molecule has 145 heavy (non-hydrogen) atoms. The zero-order valence-corrected chi connectivity index (χ0v) is 95.9. The predicted octanol–water partition coefficient (Wildman–Crippen LogP) is 20.9. The summed E-state index contributed by atoms with van der Waals surface area (Å²) in [6.45, 7) is 41.1. The van der Waals surface area contributed by atoms with Crippen molar-refractivity contribution in [1.29, 1.82) is 0 Å². The van der Waals surface area contributed by atoms with E-state index in [2.05, 4.69) is 118 Å². The van der Waals surface area contributed by atoms with Crippen LogP contribution in [0.5, 0.6) is 0 Å². The van der Waals surface area contributed by atoms with Crippen LogP contribution in [0.15, 0.2) is 118 Å². The summed E-state index contributed by atoms with van der Waals surface area (Å²) in [5, 5.41) is 17.7. The topological polar surface area (TPSA) is 507 Å². The fourth-order valence-corrected chi connectivity index (χ4v) is 14.5. The van der Waals surface area contributed by atoms with E-state index in [9.17, 15) is 66.0 Å². The van der Waals surface area contributed by atoms with Crippen LogP contribution < -0.4 is 16.4 Å². The minimum absolute atomic E-state index is 0.0112. The number of imide groups is 2. The molecule has 8 rings (SSSR count). The van der Waals surface area contributed by atoms with Crippen molar-refractivity contribution in [1.82, 2.24) is 54.6 Å². The average Bonchev–Trinajstić information content (AvgIpc) is 1.74. The molecule has 1 unspecified atom stereocenters. The summed E-state index contributed by atoms with van der Waals surface area (Å²) < 4.78 is 83.2. The largest absolute Gasteiger partial charge is 0.481 e. The third kappa shape index (κ3) is 60.8. The monoisotopic (exact) mass is 2360 g/mol. The number of carboxylic acid groups (broad SMARTS) is 1. The minimum Gasteiger partial charge on any atom is -0.481 e. The van der Waals surface area contributed by atoms with E-state index in [1.54, 1.807) is 204 Å². The Morgan fingerprint density at radius 2 is 0.890 bits per heavy atom. The van der Waals surface area contributed by atoms with Gasteiger partial charge in [0.2, 0.25) is 0 Å². The first-order valence-corrected chi connectivity index (χ1v) is 50.1. The molecule has 49 heteroatoms. The summed E-state index contributed by atoms with van der Waals surface area (Å²) in [6, 6.07) is 11.8. The van der Waals surface area contributed by atoms with Gasteiger partial charge in [-0.2, -0.15) is 12.7 Å². The van der Waals surface area contributed by atoms with Crippen LogP contribution in [0.3, 0.4) is 0 Å². The van der Waals surface area contributed by atoms with Crippen LogP contribution in [0.25, 0.3) is 12.2 Å². The summed E-state index contributed by atoms with van der Waals surface area (Å²) in [7, 11) is 1.38. The molecule has 0 aromatic carbocycles. The van der Waals surface area contributed by atoms with Gasteiger partial charge in [0.05, 0.1) is 84.0 Å². The number of alkyl carbamates (subject to hydrolysis) is 1. The van der Waals surface area contributed by atoms with Crippen LogP contribution in [0.4, 0.5) is 28.8 Å². The van der Waals surface area contributed by atoms with E-state index >= 15 is 0 Å². The quantitative estimate of drug-likeness (QED) is 0.0225. The number of methoxy groups -OCH3 is 4. The van der Waals surface area contributed by atoms with Gasteiger partial charge in [0.1, 0.15) is 53.0 Å². The van der Waals surface area contributed by atoms with Crippen molar-refractivity contribution in [3.63, 3.8) is 0 Å². The number of carbonyl (C=O) groups excluding carboxylic acids is 11. The van der Waals surface area contributed by atoms with E-state index < -0.39 is 116 Å². The van der Waals surface area contributed by atoms with Gasteiger partial charge in [0.15, 0.2) is 0 Å². The van der Waals surface area contributed by atoms with Gasteiger partial charge in [0, 0.05) is 116 Å². The van der Waals surface area contributed by atoms with E-state index in [0.717, 1.165) is 60.9 Å². The van der Waals surface area contributed by atoms with Gasteiger partial charge in [-0.1, -0.05) is 76.2 Å². The second-order valence-electron chi connectivity index (χ2n) is 36.6. The van der Waals surface area contributed by atoms with E-state index in [4.69, 9.17) is 114 Å². The molecule has 0 saturated carbocycles. The number of fused-ring (bicyclic) bond motifs is 1. The van der Waals surface area contributed by atoms with Crippen LogP contribution in [-0.4, -0.2) is 243 Å². The van der Waals surface area contributed by atoms with Gasteiger partial charge in [-0.3, -0.25) is 33.5 Å². The number of hydrogen-bond acceptors (Lipinski definition) is 34. The highest BCUT2D eigenvalue weighted by molar-refractivity contribution is 9.11. The first kappa shape index (κ1) is 135. The lowest BCUT2D eigenvalue weighted by molar-refractivity contribution is -0.157. The highest BCUT2D eigenvalue weighted by Crippen LogP contribution is 2.32. The number of carboxylic acids is 1. The highest BCUT2D eigenvalue weighted by Gasteiger charge is 2.38. The van der Waals surface area contributed by atoms with Crippen LogP contribution in [0.1, 0.15) is 216 Å². The number of aromatic nitrogens is 6. The van der Waals surface area contributed by atoms with Gasteiger partial charge in [-0.15, -0.1) is 0 Å². The molecular formula is C96H131Br3Cl6N12O27S. The number of ether oxygens (including phenoxy) is 11. The third-order valence-electron chi connectivity index (χ3n) is 16.3. The second-order valence-corrected chi connectivity index (χ2v) is 42.9. The Morgan fingerprint density at radius 1 is 0.503 bits per heavy atom. The normalized spacial score (nSPS) is 12.9. The third-order valence-corrected chi connectivity index (χ3v) is 21.5. The summed E-state index contributed by atoms with van der Waals surface area (Å²) in [4.78, 5) is 164. The molecule has 5 N–H and O–H groups in total. The molecule has 6 aromatic rings. The Balaban J connectivity index is 0.00000166. The number of carbonyl (C=O) groups is 12. The van der Waals surface area contributed by atoms with Crippen molar-refractivity contribution < 1.29 is 127 Å². The van der Waals surface area contributed by atoms with Crippen molar-refractivity contribution >= 4 is 212 Å². The number of amides is 6. The number of nitrogens with two attached hydrogens (primary N) is 1. The van der Waals surface area contributed by atoms with Gasteiger partial charge >= 0.3 is 82.7 Å². The van der Waals surface area contributed by atoms with Crippen LogP contribution in [0, 0.1) is 0 Å². The van der Waals surface area contributed by atoms with Crippen LogP contribution in [0.2, 0.25) is 30.1 Å². The van der Waals surface area contributed by atoms with Gasteiger partial charge in [0.25, 0.3) is 0 Å². The van der Waals surface area contributed by atoms with Gasteiger partial charge in [-0.05, 0) is 310 Å². The van der Waals surface area contributed by atoms with Crippen LogP contribution >= 0.6 is 117 Å². The number of rotatable bonds is 21. The standard InChI is InChI=1S/C21H29ClN2O6.C17H24BrClN2O4.C12H16BrClN2O2.2C11H13ClN2O2.C8H14O4.C7H13NO5S.C5H3BrClN.C4H6O2/c1-20(2,3)29-18(26)24(19(27)30-21(4,5)6)13-11-14-15(22)10-12-23-16(14)8-9-17(25)28-7;1-16(2,3)24-14(22)21(15(23)25-17(4,5)6)10-8-11-12(19)7-9-20-13(11)18;1-12(2,3)18-11(17)16-6-4-8-9(14)5-7-15-10(8)13;1-16-10(15)6-9-11-7(2-4-13-9)8(12)3-5-14-11;1-16-11(15)3-2-10-8(4-6-13)9(12)5-7-14-10;1-8(2,3)12-7(11)5-4-6(9)10;1-7(2,3)13-6(9)8-4-5-12-14(8,10)11;6-5-3-4(7)1-2-8-5;1-3-4(5)6-2/h8-10,12H,11,13H2,1-7H3;7,9H,8,10H2,1-6H3;5,7H,4,6H2,1-3H3,(H,16,17);3,5,9,13H,2,4,6H2,1H3;2-3,5,7H,4,6,13H2,1H3;4-5H2,1-3H3,(H,9,10);4-5H2,1-3H3;1-3H;3H,1H2,2H3/b9-8+;;;;3-2+;;;;. The molecule has 6 aromatic heterocycles. The van der Waals surface area contributed by atoms with Crippen molar-refractivity contribution in [2.45, 2.75) is 242 Å². The van der Waals surface area contributed by atoms with Crippen molar-refractivity contribution in [3.05, 3.63) is 193 Å². The number of nitrogens with zero attached hydrogens (tertiary/aromatic N) is 9. The Morgan fingerprint density at radius 3 is 1.24 bits per heavy atom. The predicted molar refractivity (Wildman–Crippen MR) is 561 cm³/mol. The van der Waals surface area contributed by atoms with E-state index in [1.165, 1.54) is 52.9 Å². The van der Waals surface area contributed by atoms with Crippen molar-refractivity contribution in [3.8, 4) is 0 Å².